The highest BCUT2D eigenvalue weighted by atomic mass is 31.3. The van der Waals surface area contributed by atoms with E-state index in [2.05, 4.69) is 120 Å². The first-order valence-corrected chi connectivity index (χ1v) is 33.7. The first-order chi connectivity index (χ1) is 39.8. The number of carbonyl (C=O) groups is 2. The summed E-state index contributed by atoms with van der Waals surface area (Å²) in [5, 5.41) is 19.7. The molecule has 5 aromatic rings. The summed E-state index contributed by atoms with van der Waals surface area (Å²) in [7, 11) is -15.2. The quantitative estimate of drug-likeness (QED) is 0.0241. The Morgan fingerprint density at radius 2 is 1.67 bits per heavy atom. The third-order valence-electron chi connectivity index (χ3n) is 17.3. The van der Waals surface area contributed by atoms with Crippen molar-refractivity contribution >= 4 is 63.5 Å². The number of ether oxygens (including phenoxy) is 1. The van der Waals surface area contributed by atoms with Gasteiger partial charge in [-0.1, -0.05) is 51.8 Å². The van der Waals surface area contributed by atoms with Crippen LogP contribution in [0.15, 0.2) is 55.1 Å². The van der Waals surface area contributed by atoms with Crippen LogP contribution in [0.3, 0.4) is 0 Å². The fourth-order valence-corrected chi connectivity index (χ4v) is 16.7. The van der Waals surface area contributed by atoms with Gasteiger partial charge in [-0.05, 0) is 128 Å². The molecule has 7 atom stereocenters. The molecule has 5 aliphatic rings. The lowest BCUT2D eigenvalue weighted by Crippen LogP contribution is -2.50. The van der Waals surface area contributed by atoms with Crippen LogP contribution in [0.25, 0.3) is 16.7 Å². The Labute approximate surface area is 489 Å². The third kappa shape index (κ3) is 12.9. The molecule has 4 unspecified atom stereocenters. The number of phosphoric ester groups is 1. The molecule has 4 aliphatic heterocycles. The van der Waals surface area contributed by atoms with Crippen LogP contribution in [-0.4, -0.2) is 127 Å². The second-order valence-electron chi connectivity index (χ2n) is 24.0. The molecular weight excluding hydrogens is 1140 g/mol. The summed E-state index contributed by atoms with van der Waals surface area (Å²) in [6.07, 6.45) is 8.91. The molecule has 454 valence electrons. The normalized spacial score (nSPS) is 22.5. The molecule has 6 heterocycles. The van der Waals surface area contributed by atoms with Gasteiger partial charge in [0.25, 0.3) is 13.7 Å². The monoisotopic (exact) mass is 1220 g/mol. The maximum Gasteiger partial charge on any atom is 0.487 e. The number of aliphatic hydroxyl groups excluding tert-OH is 1. The van der Waals surface area contributed by atoms with E-state index in [0.717, 1.165) is 88.6 Å². The predicted molar refractivity (Wildman–Crippen MR) is 314 cm³/mol. The molecular formula is C58H78N9O14P3. The fraction of sp³-hybridized carbons (Fsp3) is 0.552. The van der Waals surface area contributed by atoms with E-state index in [0.29, 0.717) is 60.9 Å². The van der Waals surface area contributed by atoms with Crippen LogP contribution in [-0.2, 0) is 54.6 Å². The highest BCUT2D eigenvalue weighted by molar-refractivity contribution is 7.66. The molecule has 1 aliphatic carbocycles. The smallest absolute Gasteiger partial charge is 0.487 e. The maximum absolute atomic E-state index is 14.8. The second kappa shape index (κ2) is 24.5. The molecule has 0 bridgehead atoms. The third-order valence-corrected chi connectivity index (χ3v) is 21.1. The summed E-state index contributed by atoms with van der Waals surface area (Å²) in [6, 6.07) is 15.6. The number of hydrogen-bond donors (Lipinski definition) is 6. The molecule has 1 fully saturated rings. The number of benzene rings is 3. The van der Waals surface area contributed by atoms with Gasteiger partial charge in [-0.3, -0.25) is 23.2 Å². The molecule has 1 saturated heterocycles. The van der Waals surface area contributed by atoms with Gasteiger partial charge < -0.3 is 49.9 Å². The number of phosphoric acid groups is 3. The minimum atomic E-state index is -5.82. The average Bonchev–Trinajstić information content (AvgIpc) is 0.865. The van der Waals surface area contributed by atoms with Gasteiger partial charge in [-0.15, -0.1) is 0 Å². The highest BCUT2D eigenvalue weighted by Crippen LogP contribution is 2.65. The Morgan fingerprint density at radius 3 is 2.42 bits per heavy atom. The molecule has 84 heavy (non-hydrogen) atoms. The lowest BCUT2D eigenvalue weighted by Gasteiger charge is -2.48. The standard InChI is InChI=1S/C58H78N9O14P3/c1-8-67-45-30-44-42(29-41(45)36(2)32-57(67,3)4)50(43-28-37-18-15-26-65-27-16-21-40(53(37)65)51(43)58(44,5)6)38-19-11-12-20-39(38)56(70)64(7)25-17-22-48(69)59-23-13-9-10-14-24-60-54-52-55(62-34-61-54)66(35-63-52)49-31-46(68)47(79-49)33-78-83(74,75)81-84(76,77)80-82(71,72)73/h11-12,19-20,28-30,34-36,46-47,49,68H,8-10,13-18,21-27,31-33H2,1-7H3,(H5-,59,60,61,62,69,71,72,73,74,75,76,77)/t36?,46-,47+,49+/m0/s1. The zero-order chi connectivity index (χ0) is 60.1. The molecule has 23 nitrogen and oxygen atoms in total. The van der Waals surface area contributed by atoms with E-state index in [1.165, 1.54) is 66.9 Å². The van der Waals surface area contributed by atoms with Crippen LogP contribution in [0.5, 0.6) is 0 Å². The van der Waals surface area contributed by atoms with E-state index in [9.17, 15) is 43.1 Å². The van der Waals surface area contributed by atoms with Gasteiger partial charge in [-0.2, -0.15) is 4.31 Å². The number of carbonyl (C=O) groups excluding carboxylic acids is 2. The van der Waals surface area contributed by atoms with Crippen LogP contribution < -0.4 is 35.6 Å². The van der Waals surface area contributed by atoms with Crippen LogP contribution in [0, 0.1) is 0 Å². The van der Waals surface area contributed by atoms with Gasteiger partial charge in [0.1, 0.15) is 31.7 Å². The van der Waals surface area contributed by atoms with Crippen molar-refractivity contribution in [2.45, 2.75) is 154 Å². The summed E-state index contributed by atoms with van der Waals surface area (Å²) in [6.45, 7) is 18.0. The number of aliphatic hydroxyl groups is 1. The number of nitrogens with one attached hydrogen (secondary N) is 2. The van der Waals surface area contributed by atoms with Crippen molar-refractivity contribution in [3.8, 4) is 0 Å². The van der Waals surface area contributed by atoms with Gasteiger partial charge in [0.15, 0.2) is 17.0 Å². The lowest BCUT2D eigenvalue weighted by molar-refractivity contribution is -0.212. The SMILES string of the molecule is CCN1c2cc3c(cc2C(C)CC1(C)C)C(c1ccccc1C(=O)N(C)CCCC(=O)NCCCCCCNc1ncnc2c1ncn2[C@H]1C[C@H](O)[C@@H](COP(=O)(O)OP(=O)(O)OP(=O)([O-])O)O1)=c1cc2c4c(c1C3(C)C)CCC[N+]=4CCC2. The van der Waals surface area contributed by atoms with Crippen molar-refractivity contribution in [3.05, 3.63) is 110 Å². The van der Waals surface area contributed by atoms with E-state index in [4.69, 9.17) is 9.63 Å². The minimum absolute atomic E-state index is 0.0166. The average molecular weight is 1220 g/mol. The van der Waals surface area contributed by atoms with Crippen LogP contribution in [0.4, 0.5) is 11.5 Å². The predicted octanol–water partition coefficient (Wildman–Crippen LogP) is 6.21. The first-order valence-electron chi connectivity index (χ1n) is 29.2. The van der Waals surface area contributed by atoms with Gasteiger partial charge in [0.05, 0.1) is 19.0 Å². The van der Waals surface area contributed by atoms with Crippen molar-refractivity contribution in [3.63, 3.8) is 0 Å². The largest absolute Gasteiger partial charge is 0.756 e. The summed E-state index contributed by atoms with van der Waals surface area (Å²) in [5.74, 6) is 0.702. The summed E-state index contributed by atoms with van der Waals surface area (Å²) >= 11 is 0. The number of imidazole rings is 1. The van der Waals surface area contributed by atoms with Gasteiger partial charge in [0.2, 0.25) is 11.3 Å². The van der Waals surface area contributed by atoms with Crippen LogP contribution in [0.1, 0.15) is 167 Å². The van der Waals surface area contributed by atoms with Crippen molar-refractivity contribution < 1.29 is 65.8 Å². The molecule has 0 spiro atoms. The van der Waals surface area contributed by atoms with Crippen LogP contribution >= 0.6 is 23.5 Å². The lowest BCUT2D eigenvalue weighted by atomic mass is 9.64. The van der Waals surface area contributed by atoms with Gasteiger partial charge in [-0.25, -0.2) is 33.0 Å². The highest BCUT2D eigenvalue weighted by Gasteiger charge is 2.45. The zero-order valence-corrected chi connectivity index (χ0v) is 51.5. The summed E-state index contributed by atoms with van der Waals surface area (Å²) in [5.41, 5.74) is 12.8. The number of anilines is 2. The number of nitrogens with zero attached hydrogens (tertiary/aromatic N) is 7. The van der Waals surface area contributed by atoms with Gasteiger partial charge >= 0.3 is 15.6 Å². The molecule has 0 saturated carbocycles. The Morgan fingerprint density at radius 1 is 0.929 bits per heavy atom. The molecule has 26 heteroatoms. The van der Waals surface area contributed by atoms with E-state index >= 15 is 0 Å². The van der Waals surface area contributed by atoms with Crippen LogP contribution in [0.2, 0.25) is 0 Å². The summed E-state index contributed by atoms with van der Waals surface area (Å²) in [4.78, 5) is 84.0. The second-order valence-corrected chi connectivity index (χ2v) is 28.4. The number of hydrogen-bond acceptors (Lipinski definition) is 16. The topological polar surface area (TPSA) is 303 Å². The molecule has 6 N–H and O–H groups in total. The Bertz CT molecular complexity index is 3640. The Hall–Kier alpha value is -5.25. The molecule has 2 amide bonds. The molecule has 10 rings (SSSR count). The molecule has 3 aromatic carbocycles. The van der Waals surface area contributed by atoms with Crippen molar-refractivity contribution in [1.82, 2.24) is 34.3 Å². The number of aryl methyl sites for hydroxylation is 1. The molecule has 0 radical (unpaired) electrons. The van der Waals surface area contributed by atoms with E-state index in [1.807, 2.05) is 19.2 Å². The summed E-state index contributed by atoms with van der Waals surface area (Å²) < 4.78 is 56.6. The fourth-order valence-electron chi connectivity index (χ4n) is 13.7. The molecule has 2 aromatic heterocycles. The maximum atomic E-state index is 14.8. The van der Waals surface area contributed by atoms with Crippen molar-refractivity contribution in [1.29, 1.82) is 0 Å². The van der Waals surface area contributed by atoms with Crippen molar-refractivity contribution in [2.24, 2.45) is 0 Å². The minimum Gasteiger partial charge on any atom is -0.756 e. The Kier molecular flexibility index (Phi) is 18.0. The van der Waals surface area contributed by atoms with E-state index in [1.54, 1.807) is 4.90 Å². The van der Waals surface area contributed by atoms with Gasteiger partial charge in [0, 0.05) is 92.2 Å². The Balaban J connectivity index is 0.721. The number of fused-ring (bicyclic) bond motifs is 5. The number of amides is 2. The number of aromatic nitrogens is 4. The number of rotatable bonds is 23. The zero-order valence-electron chi connectivity index (χ0n) is 48.8. The van der Waals surface area contributed by atoms with Crippen molar-refractivity contribution in [2.75, 3.05) is 63.1 Å². The number of unbranched alkanes of at least 4 members (excludes halogenated alkanes) is 3. The van der Waals surface area contributed by atoms with E-state index in [-0.39, 0.29) is 29.2 Å². The first kappa shape index (κ1) is 61.8. The van der Waals surface area contributed by atoms with E-state index < -0.39 is 48.5 Å².